The summed E-state index contributed by atoms with van der Waals surface area (Å²) in [6, 6.07) is 14.1. The molecule has 0 bridgehead atoms. The number of carbonyl (C=O) groups is 1. The number of rotatable bonds is 3. The minimum atomic E-state index is 0.0602. The van der Waals surface area contributed by atoms with Crippen molar-refractivity contribution >= 4 is 48.7 Å². The summed E-state index contributed by atoms with van der Waals surface area (Å²) in [5, 5.41) is 1.00. The highest BCUT2D eigenvalue weighted by atomic mass is 32.1. The van der Waals surface area contributed by atoms with E-state index in [1.165, 1.54) is 0 Å². The number of aromatic nitrogens is 2. The molecule has 0 fully saturated rings. The third-order valence-corrected chi connectivity index (χ3v) is 5.63. The summed E-state index contributed by atoms with van der Waals surface area (Å²) in [5.41, 5.74) is 3.35. The second-order valence-electron chi connectivity index (χ2n) is 7.08. The number of hydrogen-bond donors (Lipinski definition) is 0. The maximum Gasteiger partial charge on any atom is 0.254 e. The molecule has 0 N–H and O–H groups in total. The highest BCUT2D eigenvalue weighted by molar-refractivity contribution is 7.25. The molecule has 132 valence electrons. The molecule has 0 saturated carbocycles. The lowest BCUT2D eigenvalue weighted by Gasteiger charge is -2.30. The van der Waals surface area contributed by atoms with Crippen LogP contribution in [0.1, 0.15) is 38.1 Å². The van der Waals surface area contributed by atoms with Crippen LogP contribution in [0.5, 0.6) is 0 Å². The molecule has 4 rings (SSSR count). The first-order valence-corrected chi connectivity index (χ1v) is 9.69. The Morgan fingerprint density at radius 1 is 0.962 bits per heavy atom. The van der Waals surface area contributed by atoms with E-state index in [0.717, 1.165) is 31.5 Å². The fourth-order valence-corrected chi connectivity index (χ4v) is 4.49. The molecule has 26 heavy (non-hydrogen) atoms. The van der Waals surface area contributed by atoms with Gasteiger partial charge in [0.25, 0.3) is 5.91 Å². The standard InChI is InChI=1S/C21H21N3OS/c1-12(2)24(13(3)4)21(25)14-9-10-18-15(11-14)19-20(26-18)23-17-8-6-5-7-16(17)22-19/h5-13H,1-4H3. The van der Waals surface area contributed by atoms with E-state index in [-0.39, 0.29) is 18.0 Å². The van der Waals surface area contributed by atoms with Gasteiger partial charge in [0.2, 0.25) is 0 Å². The summed E-state index contributed by atoms with van der Waals surface area (Å²) in [6.07, 6.45) is 0. The van der Waals surface area contributed by atoms with Gasteiger partial charge < -0.3 is 4.90 Å². The number of nitrogens with zero attached hydrogens (tertiary/aromatic N) is 3. The van der Waals surface area contributed by atoms with E-state index in [1.54, 1.807) is 11.3 Å². The molecule has 4 aromatic rings. The first kappa shape index (κ1) is 16.9. The third-order valence-electron chi connectivity index (χ3n) is 4.57. The largest absolute Gasteiger partial charge is 0.334 e. The summed E-state index contributed by atoms with van der Waals surface area (Å²) in [5.74, 6) is 0.0602. The van der Waals surface area contributed by atoms with Crippen LogP contribution in [0.2, 0.25) is 0 Å². The van der Waals surface area contributed by atoms with Crippen LogP contribution in [0, 0.1) is 0 Å². The van der Waals surface area contributed by atoms with Gasteiger partial charge >= 0.3 is 0 Å². The topological polar surface area (TPSA) is 46.1 Å². The van der Waals surface area contributed by atoms with Crippen molar-refractivity contribution in [3.05, 3.63) is 48.0 Å². The summed E-state index contributed by atoms with van der Waals surface area (Å²) < 4.78 is 1.10. The number of benzene rings is 2. The molecular weight excluding hydrogens is 342 g/mol. The molecule has 0 saturated heterocycles. The SMILES string of the molecule is CC(C)N(C(=O)c1ccc2sc3nc4ccccc4nc3c2c1)C(C)C. The van der Waals surface area contributed by atoms with Crippen molar-refractivity contribution in [1.82, 2.24) is 14.9 Å². The number of para-hydroxylation sites is 2. The number of amides is 1. The summed E-state index contributed by atoms with van der Waals surface area (Å²) in [6.45, 7) is 8.20. The second-order valence-corrected chi connectivity index (χ2v) is 8.11. The van der Waals surface area contributed by atoms with Gasteiger partial charge in [0.05, 0.1) is 11.0 Å². The fraction of sp³-hybridized carbons (Fsp3) is 0.286. The molecule has 0 aliphatic carbocycles. The Morgan fingerprint density at radius 2 is 1.62 bits per heavy atom. The molecule has 0 aliphatic heterocycles. The Kier molecular flexibility index (Phi) is 4.11. The molecule has 0 atom stereocenters. The zero-order valence-electron chi connectivity index (χ0n) is 15.4. The van der Waals surface area contributed by atoms with E-state index >= 15 is 0 Å². The highest BCUT2D eigenvalue weighted by Crippen LogP contribution is 2.33. The third kappa shape index (κ3) is 2.72. The van der Waals surface area contributed by atoms with Crippen molar-refractivity contribution in [3.63, 3.8) is 0 Å². The second kappa shape index (κ2) is 6.32. The summed E-state index contributed by atoms with van der Waals surface area (Å²) in [4.78, 5) is 25.4. The van der Waals surface area contributed by atoms with Crippen molar-refractivity contribution in [2.45, 2.75) is 39.8 Å². The van der Waals surface area contributed by atoms with Crippen LogP contribution in [-0.4, -0.2) is 32.9 Å². The van der Waals surface area contributed by atoms with Crippen LogP contribution in [0.4, 0.5) is 0 Å². The molecule has 0 radical (unpaired) electrons. The predicted molar refractivity (Wildman–Crippen MR) is 109 cm³/mol. The van der Waals surface area contributed by atoms with Gasteiger partial charge in [-0.05, 0) is 58.0 Å². The maximum atomic E-state index is 13.0. The monoisotopic (exact) mass is 363 g/mol. The van der Waals surface area contributed by atoms with Gasteiger partial charge in [-0.1, -0.05) is 12.1 Å². The highest BCUT2D eigenvalue weighted by Gasteiger charge is 2.22. The van der Waals surface area contributed by atoms with Gasteiger partial charge in [-0.3, -0.25) is 4.79 Å². The Morgan fingerprint density at radius 3 is 2.27 bits per heavy atom. The molecule has 4 nitrogen and oxygen atoms in total. The Labute approximate surface area is 156 Å². The van der Waals surface area contributed by atoms with E-state index < -0.39 is 0 Å². The average Bonchev–Trinajstić information content (AvgIpc) is 2.95. The minimum Gasteiger partial charge on any atom is -0.334 e. The summed E-state index contributed by atoms with van der Waals surface area (Å²) >= 11 is 1.62. The molecule has 2 aromatic heterocycles. The molecule has 0 aliphatic rings. The lowest BCUT2D eigenvalue weighted by Crippen LogP contribution is -2.42. The van der Waals surface area contributed by atoms with E-state index in [9.17, 15) is 4.79 Å². The number of thiophene rings is 1. The number of carbonyl (C=O) groups excluding carboxylic acids is 1. The number of fused-ring (bicyclic) bond motifs is 4. The summed E-state index contributed by atoms with van der Waals surface area (Å²) in [7, 11) is 0. The quantitative estimate of drug-likeness (QED) is 0.499. The van der Waals surface area contributed by atoms with Crippen LogP contribution in [0.15, 0.2) is 42.5 Å². The molecule has 2 aromatic carbocycles. The van der Waals surface area contributed by atoms with Gasteiger partial charge in [-0.2, -0.15) is 0 Å². The van der Waals surface area contributed by atoms with Gasteiger partial charge in [-0.15, -0.1) is 11.3 Å². The Bertz CT molecular complexity index is 1120. The maximum absolute atomic E-state index is 13.0. The van der Waals surface area contributed by atoms with Crippen LogP contribution in [0.25, 0.3) is 31.5 Å². The van der Waals surface area contributed by atoms with Crippen molar-refractivity contribution in [2.24, 2.45) is 0 Å². The van der Waals surface area contributed by atoms with E-state index in [1.807, 2.05) is 75.1 Å². The lowest BCUT2D eigenvalue weighted by atomic mass is 10.1. The first-order chi connectivity index (χ1) is 12.5. The number of hydrogen-bond acceptors (Lipinski definition) is 4. The molecule has 5 heteroatoms. The molecular formula is C21H21N3OS. The van der Waals surface area contributed by atoms with Gasteiger partial charge in [0.1, 0.15) is 10.3 Å². The van der Waals surface area contributed by atoms with Crippen molar-refractivity contribution < 1.29 is 4.79 Å². The van der Waals surface area contributed by atoms with Crippen LogP contribution < -0.4 is 0 Å². The molecule has 1 amide bonds. The predicted octanol–water partition coefficient (Wildman–Crippen LogP) is 5.26. The normalized spacial score (nSPS) is 11.9. The smallest absolute Gasteiger partial charge is 0.254 e. The zero-order chi connectivity index (χ0) is 18.4. The van der Waals surface area contributed by atoms with E-state index in [0.29, 0.717) is 5.56 Å². The lowest BCUT2D eigenvalue weighted by molar-refractivity contribution is 0.0644. The minimum absolute atomic E-state index is 0.0602. The van der Waals surface area contributed by atoms with Gasteiger partial charge in [0.15, 0.2) is 0 Å². The van der Waals surface area contributed by atoms with E-state index in [4.69, 9.17) is 9.97 Å². The van der Waals surface area contributed by atoms with Gasteiger partial charge in [-0.25, -0.2) is 9.97 Å². The van der Waals surface area contributed by atoms with E-state index in [2.05, 4.69) is 0 Å². The van der Waals surface area contributed by atoms with Crippen molar-refractivity contribution in [3.8, 4) is 0 Å². The Hall–Kier alpha value is -2.53. The Balaban J connectivity index is 1.89. The van der Waals surface area contributed by atoms with Crippen LogP contribution in [0.3, 0.4) is 0 Å². The zero-order valence-corrected chi connectivity index (χ0v) is 16.2. The van der Waals surface area contributed by atoms with Crippen molar-refractivity contribution in [2.75, 3.05) is 0 Å². The molecule has 0 spiro atoms. The average molecular weight is 363 g/mol. The van der Waals surface area contributed by atoms with Gasteiger partial charge in [0, 0.05) is 27.7 Å². The van der Waals surface area contributed by atoms with Crippen LogP contribution >= 0.6 is 11.3 Å². The van der Waals surface area contributed by atoms with Crippen LogP contribution in [-0.2, 0) is 0 Å². The fourth-order valence-electron chi connectivity index (χ4n) is 3.49. The molecule has 0 unspecified atom stereocenters. The first-order valence-electron chi connectivity index (χ1n) is 8.87. The van der Waals surface area contributed by atoms with Crippen molar-refractivity contribution in [1.29, 1.82) is 0 Å². The molecule has 2 heterocycles.